The Bertz CT molecular complexity index is 4000. The average Bonchev–Trinajstić information content (AvgIpc) is 4.06. The van der Waals surface area contributed by atoms with E-state index in [4.69, 9.17) is 4.42 Å². The zero-order chi connectivity index (χ0) is 47.9. The van der Waals surface area contributed by atoms with Crippen LogP contribution in [0.5, 0.6) is 0 Å². The zero-order valence-electron chi connectivity index (χ0n) is 39.8. The highest BCUT2D eigenvalue weighted by molar-refractivity contribution is 6.11. The predicted octanol–water partition coefficient (Wildman–Crippen LogP) is 18.9. The molecule has 0 aliphatic rings. The number of hydrogen-bond acceptors (Lipinski definition) is 1. The molecule has 0 atom stereocenters. The Kier molecular flexibility index (Phi) is 11.4. The van der Waals surface area contributed by atoms with Gasteiger partial charge in [0.15, 0.2) is 0 Å². The van der Waals surface area contributed by atoms with Gasteiger partial charge in [0.25, 0.3) is 0 Å². The SMILES string of the molecule is C=C/C=C(\C)c1cccc(/C(C)=C/C(=C)C(=C)C)c1.c1cc(-c2cccc(-n3c4ccccc4c4ccccc43)c2)cc(-c2ccc3oc4ccc(-n5c6ccccc6c6ccccc65)cc4c3c2)c1. The lowest BCUT2D eigenvalue weighted by Gasteiger charge is -2.11. The van der Waals surface area contributed by atoms with Gasteiger partial charge >= 0.3 is 0 Å². The summed E-state index contributed by atoms with van der Waals surface area (Å²) in [4.78, 5) is 0. The molecule has 0 fully saturated rings. The van der Waals surface area contributed by atoms with Crippen molar-refractivity contribution in [2.45, 2.75) is 20.8 Å². The van der Waals surface area contributed by atoms with Gasteiger partial charge in [-0.15, -0.1) is 0 Å². The number of para-hydroxylation sites is 4. The van der Waals surface area contributed by atoms with E-state index < -0.39 is 0 Å². The van der Waals surface area contributed by atoms with E-state index in [-0.39, 0.29) is 0 Å². The summed E-state index contributed by atoms with van der Waals surface area (Å²) in [5, 5.41) is 7.28. The standard InChI is InChI=1S/C48H30N2O.C19H22/c1-5-19-43-37(15-1)38-16-2-6-20-44(38)49(43)35-14-10-13-33(28-35)31-11-9-12-32(27-31)34-23-25-47-41(29-34)42-30-36(24-26-48(42)51-47)50-45-21-7-3-17-39(45)40-18-4-8-22-46(40)50;1-7-9-15(4)18-10-8-11-19(13-18)17(6)12-16(5)14(2)3/h1-30H;7-13H,1-2,5H2,3-4,6H3/b;15-9+,17-12+. The molecule has 0 saturated carbocycles. The topological polar surface area (TPSA) is 23.0 Å². The van der Waals surface area contributed by atoms with Crippen LogP contribution in [0, 0.1) is 0 Å². The number of aromatic nitrogens is 2. The first-order valence-electron chi connectivity index (χ1n) is 23.8. The van der Waals surface area contributed by atoms with Gasteiger partial charge in [-0.05, 0) is 150 Å². The third kappa shape index (κ3) is 7.98. The molecule has 336 valence electrons. The maximum absolute atomic E-state index is 6.38. The van der Waals surface area contributed by atoms with E-state index in [0.29, 0.717) is 0 Å². The van der Waals surface area contributed by atoms with Crippen LogP contribution in [0.3, 0.4) is 0 Å². The molecular weight excluding hydrogens is 849 g/mol. The summed E-state index contributed by atoms with van der Waals surface area (Å²) in [5.74, 6) is 0. The maximum Gasteiger partial charge on any atom is 0.135 e. The minimum Gasteiger partial charge on any atom is -0.456 e. The highest BCUT2D eigenvalue weighted by Crippen LogP contribution is 2.38. The van der Waals surface area contributed by atoms with Crippen molar-refractivity contribution in [1.29, 1.82) is 0 Å². The summed E-state index contributed by atoms with van der Waals surface area (Å²) < 4.78 is 11.1. The van der Waals surface area contributed by atoms with Crippen LogP contribution in [0.1, 0.15) is 31.9 Å². The fraction of sp³-hybridized carbons (Fsp3) is 0.0448. The van der Waals surface area contributed by atoms with Gasteiger partial charge < -0.3 is 13.6 Å². The van der Waals surface area contributed by atoms with Crippen molar-refractivity contribution >= 4 is 76.7 Å². The van der Waals surface area contributed by atoms with Crippen LogP contribution in [0.2, 0.25) is 0 Å². The third-order valence-corrected chi connectivity index (χ3v) is 13.6. The summed E-state index contributed by atoms with van der Waals surface area (Å²) in [7, 11) is 0. The van der Waals surface area contributed by atoms with Crippen LogP contribution in [-0.4, -0.2) is 9.13 Å². The fourth-order valence-electron chi connectivity index (χ4n) is 9.94. The Balaban J connectivity index is 0.000000239. The summed E-state index contributed by atoms with van der Waals surface area (Å²) in [5.41, 5.74) is 20.4. The minimum atomic E-state index is 0.891. The second kappa shape index (κ2) is 18.3. The smallest absolute Gasteiger partial charge is 0.135 e. The third-order valence-electron chi connectivity index (χ3n) is 13.6. The van der Waals surface area contributed by atoms with Gasteiger partial charge in [0.1, 0.15) is 11.2 Å². The number of allylic oxidation sites excluding steroid dienone is 7. The molecule has 12 rings (SSSR count). The highest BCUT2D eigenvalue weighted by Gasteiger charge is 2.16. The molecule has 0 spiro atoms. The van der Waals surface area contributed by atoms with Crippen LogP contribution in [0.15, 0.2) is 260 Å². The van der Waals surface area contributed by atoms with Crippen molar-refractivity contribution in [3.63, 3.8) is 0 Å². The number of furan rings is 1. The molecule has 0 aliphatic carbocycles. The van der Waals surface area contributed by atoms with Gasteiger partial charge in [-0.1, -0.05) is 171 Å². The minimum absolute atomic E-state index is 0.891. The number of nitrogens with zero attached hydrogens (tertiary/aromatic N) is 2. The van der Waals surface area contributed by atoms with Crippen LogP contribution in [-0.2, 0) is 0 Å². The largest absolute Gasteiger partial charge is 0.456 e. The summed E-state index contributed by atoms with van der Waals surface area (Å²) >= 11 is 0. The predicted molar refractivity (Wildman–Crippen MR) is 301 cm³/mol. The maximum atomic E-state index is 6.38. The molecule has 0 unspecified atom stereocenters. The Hall–Kier alpha value is -8.92. The molecule has 3 heteroatoms. The van der Waals surface area contributed by atoms with Crippen molar-refractivity contribution in [2.75, 3.05) is 0 Å². The van der Waals surface area contributed by atoms with Crippen molar-refractivity contribution in [1.82, 2.24) is 9.13 Å². The van der Waals surface area contributed by atoms with E-state index in [1.54, 1.807) is 0 Å². The lowest BCUT2D eigenvalue weighted by atomic mass is 9.97. The van der Waals surface area contributed by atoms with E-state index in [9.17, 15) is 0 Å². The highest BCUT2D eigenvalue weighted by atomic mass is 16.3. The van der Waals surface area contributed by atoms with Crippen LogP contribution >= 0.6 is 0 Å². The van der Waals surface area contributed by atoms with E-state index in [1.165, 1.54) is 82.6 Å². The van der Waals surface area contributed by atoms with Crippen LogP contribution in [0.25, 0.3) is 110 Å². The molecule has 9 aromatic carbocycles. The monoisotopic (exact) mass is 900 g/mol. The fourth-order valence-corrected chi connectivity index (χ4v) is 9.94. The summed E-state index contributed by atoms with van der Waals surface area (Å²) in [6.07, 6.45) is 5.91. The molecule has 0 bridgehead atoms. The first-order valence-corrected chi connectivity index (χ1v) is 23.8. The molecule has 3 heterocycles. The molecule has 12 aromatic rings. The molecule has 3 nitrogen and oxygen atoms in total. The van der Waals surface area contributed by atoms with Gasteiger partial charge in [-0.3, -0.25) is 0 Å². The number of hydrogen-bond donors (Lipinski definition) is 0. The quantitative estimate of drug-likeness (QED) is 0.132. The summed E-state index contributed by atoms with van der Waals surface area (Å²) in [6, 6.07) is 74.0. The second-order valence-corrected chi connectivity index (χ2v) is 18.2. The Labute approximate surface area is 409 Å². The molecule has 70 heavy (non-hydrogen) atoms. The molecular formula is C67H52N2O. The van der Waals surface area contributed by atoms with Gasteiger partial charge in [-0.25, -0.2) is 0 Å². The lowest BCUT2D eigenvalue weighted by Crippen LogP contribution is -1.94. The normalized spacial score (nSPS) is 12.0. The molecule has 0 saturated heterocycles. The first-order chi connectivity index (χ1) is 34.2. The Morgan fingerprint density at radius 3 is 1.39 bits per heavy atom. The van der Waals surface area contributed by atoms with E-state index in [1.807, 2.05) is 19.1 Å². The van der Waals surface area contributed by atoms with E-state index in [2.05, 4.69) is 255 Å². The van der Waals surface area contributed by atoms with Gasteiger partial charge in [0, 0.05) is 43.7 Å². The van der Waals surface area contributed by atoms with E-state index in [0.717, 1.165) is 50.0 Å². The molecule has 0 aliphatic heterocycles. The van der Waals surface area contributed by atoms with Crippen molar-refractivity contribution in [3.8, 4) is 33.6 Å². The van der Waals surface area contributed by atoms with Gasteiger partial charge in [0.2, 0.25) is 0 Å². The zero-order valence-corrected chi connectivity index (χ0v) is 39.8. The Morgan fingerprint density at radius 1 is 0.400 bits per heavy atom. The first kappa shape index (κ1) is 43.6. The molecule has 0 radical (unpaired) electrons. The lowest BCUT2D eigenvalue weighted by molar-refractivity contribution is 0.669. The number of rotatable bonds is 9. The van der Waals surface area contributed by atoms with Gasteiger partial charge in [0.05, 0.1) is 22.1 Å². The van der Waals surface area contributed by atoms with Crippen molar-refractivity contribution in [3.05, 3.63) is 266 Å². The Morgan fingerprint density at radius 2 is 0.843 bits per heavy atom. The van der Waals surface area contributed by atoms with Gasteiger partial charge in [-0.2, -0.15) is 0 Å². The average molecular weight is 901 g/mol. The van der Waals surface area contributed by atoms with E-state index >= 15 is 0 Å². The molecule has 3 aromatic heterocycles. The number of benzene rings is 9. The molecule has 0 N–H and O–H groups in total. The van der Waals surface area contributed by atoms with Crippen molar-refractivity contribution < 1.29 is 4.42 Å². The molecule has 0 amide bonds. The number of fused-ring (bicyclic) bond motifs is 9. The van der Waals surface area contributed by atoms with Crippen LogP contribution < -0.4 is 0 Å². The van der Waals surface area contributed by atoms with Crippen molar-refractivity contribution in [2.24, 2.45) is 0 Å². The second-order valence-electron chi connectivity index (χ2n) is 18.2. The van der Waals surface area contributed by atoms with Crippen LogP contribution in [0.4, 0.5) is 0 Å². The summed E-state index contributed by atoms with van der Waals surface area (Å²) in [6.45, 7) is 17.8.